The van der Waals surface area contributed by atoms with Crippen LogP contribution in [-0.2, 0) is 13.0 Å². The van der Waals surface area contributed by atoms with Crippen molar-refractivity contribution in [2.24, 2.45) is 5.73 Å². The molecule has 4 heteroatoms. The Morgan fingerprint density at radius 1 is 1.39 bits per heavy atom. The molecule has 3 nitrogen and oxygen atoms in total. The van der Waals surface area contributed by atoms with Crippen LogP contribution in [0.5, 0.6) is 0 Å². The molecule has 0 aliphatic heterocycles. The average Bonchev–Trinajstić information content (AvgIpc) is 2.70. The third-order valence-corrected chi connectivity index (χ3v) is 4.00. The minimum atomic E-state index is 0.0273. The second kappa shape index (κ2) is 5.84. The van der Waals surface area contributed by atoms with Gasteiger partial charge in [0.25, 0.3) is 0 Å². The molecule has 1 aromatic heterocycles. The van der Waals surface area contributed by atoms with Crippen LogP contribution in [-0.4, -0.2) is 9.78 Å². The van der Waals surface area contributed by atoms with Gasteiger partial charge >= 0.3 is 0 Å². The fraction of sp³-hybridized carbons (Fsp3) is 0.357. The van der Waals surface area contributed by atoms with Crippen molar-refractivity contribution in [1.82, 2.24) is 9.78 Å². The highest BCUT2D eigenvalue weighted by molar-refractivity contribution is 14.1. The van der Waals surface area contributed by atoms with Crippen molar-refractivity contribution in [2.45, 2.75) is 32.9 Å². The standard InChI is InChI=1S/C14H18IN3/c1-3-18-11(8-10(2)17-18)9-14(16)12-6-4-5-7-13(12)15/h4-8,14H,3,9,16H2,1-2H3. The van der Waals surface area contributed by atoms with Crippen LogP contribution in [0.25, 0.3) is 0 Å². The second-order valence-electron chi connectivity index (χ2n) is 4.42. The third-order valence-electron chi connectivity index (χ3n) is 3.02. The Morgan fingerprint density at radius 2 is 2.11 bits per heavy atom. The van der Waals surface area contributed by atoms with Gasteiger partial charge < -0.3 is 5.73 Å². The topological polar surface area (TPSA) is 43.8 Å². The highest BCUT2D eigenvalue weighted by atomic mass is 127. The summed E-state index contributed by atoms with van der Waals surface area (Å²) in [5.74, 6) is 0. The molecule has 1 aromatic carbocycles. The molecule has 1 atom stereocenters. The first-order valence-corrected chi connectivity index (χ1v) is 7.23. The van der Waals surface area contributed by atoms with Gasteiger partial charge in [-0.2, -0.15) is 5.10 Å². The van der Waals surface area contributed by atoms with Gasteiger partial charge in [-0.05, 0) is 54.1 Å². The van der Waals surface area contributed by atoms with E-state index in [0.29, 0.717) is 0 Å². The lowest BCUT2D eigenvalue weighted by Gasteiger charge is -2.14. The van der Waals surface area contributed by atoms with Crippen molar-refractivity contribution in [3.05, 3.63) is 50.9 Å². The van der Waals surface area contributed by atoms with E-state index in [1.165, 1.54) is 14.8 Å². The monoisotopic (exact) mass is 355 g/mol. The van der Waals surface area contributed by atoms with E-state index in [0.717, 1.165) is 18.7 Å². The molecule has 2 rings (SSSR count). The number of halogens is 1. The summed E-state index contributed by atoms with van der Waals surface area (Å²) in [6.45, 7) is 5.02. The Labute approximate surface area is 122 Å². The maximum Gasteiger partial charge on any atom is 0.0596 e. The first kappa shape index (κ1) is 13.5. The Balaban J connectivity index is 2.21. The molecule has 0 spiro atoms. The lowest BCUT2D eigenvalue weighted by atomic mass is 10.0. The fourth-order valence-electron chi connectivity index (χ4n) is 2.15. The summed E-state index contributed by atoms with van der Waals surface area (Å²) in [6.07, 6.45) is 0.828. The number of hydrogen-bond donors (Lipinski definition) is 1. The van der Waals surface area contributed by atoms with E-state index < -0.39 is 0 Å². The fourth-order valence-corrected chi connectivity index (χ4v) is 2.94. The normalized spacial score (nSPS) is 12.7. The Kier molecular flexibility index (Phi) is 4.40. The Hall–Kier alpha value is -0.880. The van der Waals surface area contributed by atoms with Crippen LogP contribution in [0.2, 0.25) is 0 Å². The molecule has 2 aromatic rings. The number of rotatable bonds is 4. The summed E-state index contributed by atoms with van der Waals surface area (Å²) in [6, 6.07) is 10.4. The number of aromatic nitrogens is 2. The van der Waals surface area contributed by atoms with Gasteiger partial charge in [0.1, 0.15) is 0 Å². The molecule has 1 heterocycles. The van der Waals surface area contributed by atoms with Gasteiger partial charge in [-0.3, -0.25) is 4.68 Å². The molecule has 0 amide bonds. The van der Waals surface area contributed by atoms with Crippen LogP contribution in [0.4, 0.5) is 0 Å². The van der Waals surface area contributed by atoms with Gasteiger partial charge in [-0.15, -0.1) is 0 Å². The predicted octanol–water partition coefficient (Wildman–Crippen LogP) is 3.06. The van der Waals surface area contributed by atoms with E-state index in [1.807, 2.05) is 23.7 Å². The predicted molar refractivity (Wildman–Crippen MR) is 82.4 cm³/mol. The highest BCUT2D eigenvalue weighted by Crippen LogP contribution is 2.21. The molecule has 0 bridgehead atoms. The number of hydrogen-bond acceptors (Lipinski definition) is 2. The molecule has 0 aliphatic rings. The summed E-state index contributed by atoms with van der Waals surface area (Å²) in [5, 5.41) is 4.46. The molecule has 18 heavy (non-hydrogen) atoms. The van der Waals surface area contributed by atoms with Gasteiger partial charge in [-0.1, -0.05) is 18.2 Å². The number of nitrogens with two attached hydrogens (primary N) is 1. The molecule has 0 radical (unpaired) electrons. The smallest absolute Gasteiger partial charge is 0.0596 e. The van der Waals surface area contributed by atoms with E-state index in [1.54, 1.807) is 0 Å². The minimum absolute atomic E-state index is 0.0273. The SMILES string of the molecule is CCn1nc(C)cc1CC(N)c1ccccc1I. The van der Waals surface area contributed by atoms with E-state index in [9.17, 15) is 0 Å². The van der Waals surface area contributed by atoms with Crippen molar-refractivity contribution in [3.63, 3.8) is 0 Å². The van der Waals surface area contributed by atoms with Crippen LogP contribution in [0.1, 0.15) is 29.9 Å². The molecular formula is C14H18IN3. The maximum absolute atomic E-state index is 6.31. The van der Waals surface area contributed by atoms with Crippen LogP contribution in [0.3, 0.4) is 0 Å². The van der Waals surface area contributed by atoms with E-state index in [2.05, 4.69) is 52.8 Å². The third kappa shape index (κ3) is 2.92. The highest BCUT2D eigenvalue weighted by Gasteiger charge is 2.13. The number of aryl methyl sites for hydroxylation is 2. The zero-order valence-corrected chi connectivity index (χ0v) is 12.9. The van der Waals surface area contributed by atoms with Crippen molar-refractivity contribution in [1.29, 1.82) is 0 Å². The number of benzene rings is 1. The van der Waals surface area contributed by atoms with E-state index in [-0.39, 0.29) is 6.04 Å². The van der Waals surface area contributed by atoms with E-state index in [4.69, 9.17) is 5.73 Å². The van der Waals surface area contributed by atoms with Crippen molar-refractivity contribution >= 4 is 22.6 Å². The van der Waals surface area contributed by atoms with Crippen molar-refractivity contribution in [3.8, 4) is 0 Å². The van der Waals surface area contributed by atoms with Gasteiger partial charge in [-0.25, -0.2) is 0 Å². The van der Waals surface area contributed by atoms with Crippen molar-refractivity contribution in [2.75, 3.05) is 0 Å². The first-order valence-electron chi connectivity index (χ1n) is 6.15. The molecule has 0 saturated carbocycles. The molecule has 0 saturated heterocycles. The quantitative estimate of drug-likeness (QED) is 0.857. The zero-order valence-electron chi connectivity index (χ0n) is 10.7. The van der Waals surface area contributed by atoms with Crippen LogP contribution >= 0.6 is 22.6 Å². The summed E-state index contributed by atoms with van der Waals surface area (Å²) in [7, 11) is 0. The Bertz CT molecular complexity index is 534. The number of nitrogens with zero attached hydrogens (tertiary/aromatic N) is 2. The van der Waals surface area contributed by atoms with Crippen LogP contribution in [0, 0.1) is 10.5 Å². The summed E-state index contributed by atoms with van der Waals surface area (Å²) < 4.78 is 3.26. The molecule has 2 N–H and O–H groups in total. The molecular weight excluding hydrogens is 337 g/mol. The lowest BCUT2D eigenvalue weighted by Crippen LogP contribution is -2.17. The van der Waals surface area contributed by atoms with Gasteiger partial charge in [0.2, 0.25) is 0 Å². The minimum Gasteiger partial charge on any atom is -0.324 e. The van der Waals surface area contributed by atoms with Gasteiger partial charge in [0.05, 0.1) is 5.69 Å². The first-order chi connectivity index (χ1) is 8.61. The molecule has 1 unspecified atom stereocenters. The molecule has 0 fully saturated rings. The zero-order chi connectivity index (χ0) is 13.1. The van der Waals surface area contributed by atoms with Crippen molar-refractivity contribution < 1.29 is 0 Å². The summed E-state index contributed by atoms with van der Waals surface area (Å²) in [5.41, 5.74) is 9.79. The van der Waals surface area contributed by atoms with Crippen LogP contribution in [0.15, 0.2) is 30.3 Å². The largest absolute Gasteiger partial charge is 0.324 e. The summed E-state index contributed by atoms with van der Waals surface area (Å²) in [4.78, 5) is 0. The van der Waals surface area contributed by atoms with E-state index >= 15 is 0 Å². The van der Waals surface area contributed by atoms with Gasteiger partial charge in [0.15, 0.2) is 0 Å². The van der Waals surface area contributed by atoms with Gasteiger partial charge in [0, 0.05) is 28.3 Å². The maximum atomic E-state index is 6.31. The summed E-state index contributed by atoms with van der Waals surface area (Å²) >= 11 is 2.34. The average molecular weight is 355 g/mol. The van der Waals surface area contributed by atoms with Crippen LogP contribution < -0.4 is 5.73 Å². The molecule has 0 aliphatic carbocycles. The molecule has 96 valence electrons. The lowest BCUT2D eigenvalue weighted by molar-refractivity contribution is 0.586. The second-order valence-corrected chi connectivity index (χ2v) is 5.59. The Morgan fingerprint density at radius 3 is 2.78 bits per heavy atom.